The van der Waals surface area contributed by atoms with Crippen LogP contribution in [0.3, 0.4) is 0 Å². The minimum Gasteiger partial charge on any atom is -0.444 e. The van der Waals surface area contributed by atoms with Crippen molar-refractivity contribution in [2.75, 3.05) is 6.54 Å². The van der Waals surface area contributed by atoms with Gasteiger partial charge in [0.25, 0.3) is 5.56 Å². The lowest BCUT2D eigenvalue weighted by Gasteiger charge is -2.31. The average molecular weight is 413 g/mol. The number of hydrogen-bond donors (Lipinski definition) is 0. The van der Waals surface area contributed by atoms with Gasteiger partial charge in [-0.2, -0.15) is 0 Å². The van der Waals surface area contributed by atoms with Gasteiger partial charge in [0.1, 0.15) is 11.2 Å². The van der Waals surface area contributed by atoms with Crippen molar-refractivity contribution in [1.82, 2.24) is 19.4 Å². The minimum absolute atomic E-state index is 0.106. The number of aryl methyl sites for hydroxylation is 1. The maximum absolute atomic E-state index is 13.4. The van der Waals surface area contributed by atoms with Crippen molar-refractivity contribution in [3.8, 4) is 0 Å². The minimum atomic E-state index is -0.575. The van der Waals surface area contributed by atoms with Gasteiger partial charge in [-0.05, 0) is 51.8 Å². The lowest BCUT2D eigenvalue weighted by atomic mass is 9.97. The van der Waals surface area contributed by atoms with E-state index in [9.17, 15) is 9.59 Å². The standard InChI is InChI=1S/C21H24N4O3S/c1-13-23-10-14(29-13)11-25-18-16(6-5-8-22-18)15-7-9-24(12-17(15)19(25)26)20(27)28-21(2,3)4/h5-6,8,10H,7,9,11-12H2,1-4H3. The zero-order valence-corrected chi connectivity index (χ0v) is 17.9. The van der Waals surface area contributed by atoms with E-state index in [0.29, 0.717) is 30.7 Å². The quantitative estimate of drug-likeness (QED) is 0.644. The highest BCUT2D eigenvalue weighted by molar-refractivity contribution is 7.11. The molecule has 0 saturated heterocycles. The van der Waals surface area contributed by atoms with Crippen molar-refractivity contribution >= 4 is 28.5 Å². The van der Waals surface area contributed by atoms with Crippen LogP contribution in [0.5, 0.6) is 0 Å². The summed E-state index contributed by atoms with van der Waals surface area (Å²) in [5.41, 5.74) is 1.62. The number of hydrogen-bond acceptors (Lipinski definition) is 6. The van der Waals surface area contributed by atoms with Crippen LogP contribution in [0.4, 0.5) is 4.79 Å². The molecule has 0 saturated carbocycles. The first kappa shape index (κ1) is 19.6. The van der Waals surface area contributed by atoms with Gasteiger partial charge in [0.2, 0.25) is 0 Å². The Labute approximate surface area is 173 Å². The summed E-state index contributed by atoms with van der Waals surface area (Å²) in [5, 5.41) is 1.92. The Bertz CT molecular complexity index is 1140. The first-order valence-corrected chi connectivity index (χ1v) is 10.4. The summed E-state index contributed by atoms with van der Waals surface area (Å²) >= 11 is 1.57. The molecule has 152 valence electrons. The van der Waals surface area contributed by atoms with Gasteiger partial charge in [0.05, 0.1) is 18.1 Å². The third-order valence-corrected chi connectivity index (χ3v) is 5.75. The molecular formula is C21H24N4O3S. The molecule has 0 N–H and O–H groups in total. The molecule has 3 aromatic rings. The van der Waals surface area contributed by atoms with Crippen molar-refractivity contribution < 1.29 is 9.53 Å². The van der Waals surface area contributed by atoms with Gasteiger partial charge < -0.3 is 9.64 Å². The zero-order chi connectivity index (χ0) is 20.8. The van der Waals surface area contributed by atoms with Crippen LogP contribution >= 0.6 is 11.3 Å². The molecular weight excluding hydrogens is 388 g/mol. The molecule has 1 aliphatic rings. The second kappa shape index (κ2) is 7.26. The summed E-state index contributed by atoms with van der Waals surface area (Å²) in [4.78, 5) is 37.4. The Morgan fingerprint density at radius 1 is 1.28 bits per heavy atom. The molecule has 3 aromatic heterocycles. The Kier molecular flexibility index (Phi) is 4.90. The summed E-state index contributed by atoms with van der Waals surface area (Å²) in [6, 6.07) is 3.88. The van der Waals surface area contributed by atoms with E-state index in [0.717, 1.165) is 20.8 Å². The number of nitrogens with zero attached hydrogens (tertiary/aromatic N) is 4. The van der Waals surface area contributed by atoms with E-state index >= 15 is 0 Å². The lowest BCUT2D eigenvalue weighted by Crippen LogP contribution is -2.43. The molecule has 8 heteroatoms. The Hall–Kier alpha value is -2.74. The normalized spacial score (nSPS) is 14.1. The third-order valence-electron chi connectivity index (χ3n) is 4.85. The molecule has 1 amide bonds. The molecule has 0 aliphatic carbocycles. The van der Waals surface area contributed by atoms with Crippen molar-refractivity contribution in [2.24, 2.45) is 0 Å². The number of rotatable bonds is 2. The summed E-state index contributed by atoms with van der Waals surface area (Å²) in [6.45, 7) is 8.64. The molecule has 0 fully saturated rings. The smallest absolute Gasteiger partial charge is 0.410 e. The van der Waals surface area contributed by atoms with E-state index in [1.165, 1.54) is 0 Å². The van der Waals surface area contributed by atoms with Gasteiger partial charge in [-0.1, -0.05) is 0 Å². The lowest BCUT2D eigenvalue weighted by molar-refractivity contribution is 0.0223. The van der Waals surface area contributed by atoms with Crippen molar-refractivity contribution in [3.05, 3.63) is 55.9 Å². The highest BCUT2D eigenvalue weighted by Gasteiger charge is 2.29. The van der Waals surface area contributed by atoms with Crippen LogP contribution in [0.1, 0.15) is 41.8 Å². The van der Waals surface area contributed by atoms with E-state index in [4.69, 9.17) is 4.74 Å². The molecule has 4 rings (SSSR count). The number of ether oxygens (including phenoxy) is 1. The molecule has 7 nitrogen and oxygen atoms in total. The molecule has 0 spiro atoms. The second-order valence-electron chi connectivity index (χ2n) is 8.22. The largest absolute Gasteiger partial charge is 0.444 e. The maximum atomic E-state index is 13.4. The average Bonchev–Trinajstić information content (AvgIpc) is 3.08. The fraction of sp³-hybridized carbons (Fsp3) is 0.429. The topological polar surface area (TPSA) is 77.3 Å². The SMILES string of the molecule is Cc1ncc(Cn2c(=O)c3c(c4cccnc42)CCN(C(=O)OC(C)(C)C)C3)s1. The van der Waals surface area contributed by atoms with Crippen LogP contribution < -0.4 is 5.56 Å². The predicted molar refractivity (Wildman–Crippen MR) is 112 cm³/mol. The zero-order valence-electron chi connectivity index (χ0n) is 17.1. The molecule has 4 heterocycles. The van der Waals surface area contributed by atoms with Crippen molar-refractivity contribution in [3.63, 3.8) is 0 Å². The van der Waals surface area contributed by atoms with Gasteiger partial charge >= 0.3 is 6.09 Å². The number of aromatic nitrogens is 3. The molecule has 0 atom stereocenters. The van der Waals surface area contributed by atoms with E-state index in [-0.39, 0.29) is 12.1 Å². The fourth-order valence-corrected chi connectivity index (χ4v) is 4.41. The van der Waals surface area contributed by atoms with E-state index in [1.807, 2.05) is 39.8 Å². The first-order chi connectivity index (χ1) is 13.7. The van der Waals surface area contributed by atoms with Crippen molar-refractivity contribution in [1.29, 1.82) is 0 Å². The molecule has 0 radical (unpaired) electrons. The number of carbonyl (C=O) groups excluding carboxylic acids is 1. The summed E-state index contributed by atoms with van der Waals surface area (Å²) in [7, 11) is 0. The summed E-state index contributed by atoms with van der Waals surface area (Å²) < 4.78 is 7.20. The number of fused-ring (bicyclic) bond motifs is 3. The third kappa shape index (κ3) is 3.89. The number of carbonyl (C=O) groups is 1. The Morgan fingerprint density at radius 3 is 2.76 bits per heavy atom. The highest BCUT2D eigenvalue weighted by atomic mass is 32.1. The first-order valence-electron chi connectivity index (χ1n) is 9.61. The van der Waals surface area contributed by atoms with Crippen LogP contribution in [0.2, 0.25) is 0 Å². The van der Waals surface area contributed by atoms with Crippen LogP contribution in [0.25, 0.3) is 11.0 Å². The molecule has 0 aromatic carbocycles. The van der Waals surface area contributed by atoms with Crippen LogP contribution in [-0.2, 0) is 24.2 Å². The second-order valence-corrected chi connectivity index (χ2v) is 9.54. The summed E-state index contributed by atoms with van der Waals surface area (Å²) in [5.74, 6) is 0. The Morgan fingerprint density at radius 2 is 2.07 bits per heavy atom. The van der Waals surface area contributed by atoms with Crippen LogP contribution in [0.15, 0.2) is 29.3 Å². The number of pyridine rings is 2. The highest BCUT2D eigenvalue weighted by Crippen LogP contribution is 2.26. The molecule has 0 unspecified atom stereocenters. The van der Waals surface area contributed by atoms with Gasteiger partial charge in [0.15, 0.2) is 0 Å². The maximum Gasteiger partial charge on any atom is 0.410 e. The number of thiazole rings is 1. The predicted octanol–water partition coefficient (Wildman–Crippen LogP) is 3.50. The molecule has 29 heavy (non-hydrogen) atoms. The monoisotopic (exact) mass is 412 g/mol. The van der Waals surface area contributed by atoms with Crippen LogP contribution in [0, 0.1) is 6.92 Å². The van der Waals surface area contributed by atoms with Gasteiger partial charge in [-0.25, -0.2) is 14.8 Å². The van der Waals surface area contributed by atoms with E-state index in [2.05, 4.69) is 9.97 Å². The number of amides is 1. The fourth-order valence-electron chi connectivity index (χ4n) is 3.63. The van der Waals surface area contributed by atoms with Gasteiger partial charge in [-0.15, -0.1) is 11.3 Å². The van der Waals surface area contributed by atoms with E-state index < -0.39 is 11.7 Å². The molecule has 1 aliphatic heterocycles. The van der Waals surface area contributed by atoms with Gasteiger partial charge in [0, 0.05) is 34.8 Å². The molecule has 0 bridgehead atoms. The van der Waals surface area contributed by atoms with E-state index in [1.54, 1.807) is 33.2 Å². The Balaban J connectivity index is 1.78. The van der Waals surface area contributed by atoms with Crippen molar-refractivity contribution in [2.45, 2.75) is 52.8 Å². The summed E-state index contributed by atoms with van der Waals surface area (Å²) in [6.07, 6.45) is 3.72. The van der Waals surface area contributed by atoms with Crippen LogP contribution in [-0.4, -0.2) is 37.7 Å². The van der Waals surface area contributed by atoms with Gasteiger partial charge in [-0.3, -0.25) is 9.36 Å².